The van der Waals surface area contributed by atoms with Gasteiger partial charge in [0.2, 0.25) is 11.8 Å². The first-order chi connectivity index (χ1) is 14.2. The lowest BCUT2D eigenvalue weighted by Gasteiger charge is -2.31. The summed E-state index contributed by atoms with van der Waals surface area (Å²) >= 11 is 8.03. The highest BCUT2D eigenvalue weighted by molar-refractivity contribution is 7.98. The van der Waals surface area contributed by atoms with Gasteiger partial charge in [-0.15, -0.1) is 0 Å². The van der Waals surface area contributed by atoms with Crippen molar-refractivity contribution in [3.8, 4) is 0 Å². The Balaban J connectivity index is 2.04. The summed E-state index contributed by atoms with van der Waals surface area (Å²) in [5.41, 5.74) is 1.70. The molecule has 30 heavy (non-hydrogen) atoms. The number of amides is 2. The van der Waals surface area contributed by atoms with Crippen LogP contribution in [0.25, 0.3) is 0 Å². The Morgan fingerprint density at radius 3 is 2.33 bits per heavy atom. The second kappa shape index (κ2) is 11.4. The van der Waals surface area contributed by atoms with Crippen LogP contribution in [0.2, 0.25) is 5.02 Å². The number of hydrogen-bond donors (Lipinski definition) is 1. The molecule has 6 heteroatoms. The molecule has 4 nitrogen and oxygen atoms in total. The van der Waals surface area contributed by atoms with Crippen LogP contribution in [0.5, 0.6) is 0 Å². The first kappa shape index (κ1) is 24.3. The minimum Gasteiger partial charge on any atom is -0.350 e. The van der Waals surface area contributed by atoms with Crippen molar-refractivity contribution in [2.24, 2.45) is 0 Å². The van der Waals surface area contributed by atoms with E-state index in [1.54, 1.807) is 29.7 Å². The fraction of sp³-hybridized carbons (Fsp3) is 0.417. The monoisotopic (exact) mass is 446 g/mol. The largest absolute Gasteiger partial charge is 0.350 e. The molecule has 2 aromatic rings. The number of rotatable bonds is 9. The van der Waals surface area contributed by atoms with Crippen LogP contribution >= 0.6 is 23.4 Å². The van der Waals surface area contributed by atoms with E-state index >= 15 is 0 Å². The maximum atomic E-state index is 13.1. The Hall–Kier alpha value is -1.98. The van der Waals surface area contributed by atoms with Crippen molar-refractivity contribution in [2.75, 3.05) is 5.75 Å². The van der Waals surface area contributed by atoms with E-state index in [0.717, 1.165) is 11.3 Å². The molecule has 2 aromatic carbocycles. The molecule has 0 spiro atoms. The second-order valence-electron chi connectivity index (χ2n) is 8.32. The van der Waals surface area contributed by atoms with Crippen LogP contribution in [0.1, 0.15) is 45.2 Å². The SMILES string of the molecule is CC(C(=O)NC(C)(C)C)N(Cc1ccccc1Cl)C(=O)CCSCc1ccccc1. The molecule has 0 fully saturated rings. The molecule has 0 aromatic heterocycles. The molecule has 0 heterocycles. The maximum absolute atomic E-state index is 13.1. The smallest absolute Gasteiger partial charge is 0.242 e. The van der Waals surface area contributed by atoms with Crippen molar-refractivity contribution in [1.82, 2.24) is 10.2 Å². The van der Waals surface area contributed by atoms with Gasteiger partial charge >= 0.3 is 0 Å². The Labute approximate surface area is 189 Å². The number of carbonyl (C=O) groups is 2. The molecule has 2 amide bonds. The minimum atomic E-state index is -0.591. The molecule has 1 N–H and O–H groups in total. The molecule has 0 saturated heterocycles. The average molecular weight is 447 g/mol. The van der Waals surface area contributed by atoms with Gasteiger partial charge in [0.1, 0.15) is 6.04 Å². The van der Waals surface area contributed by atoms with E-state index in [4.69, 9.17) is 11.6 Å². The molecule has 0 saturated carbocycles. The first-order valence-corrected chi connectivity index (χ1v) is 11.7. The molecule has 0 aliphatic carbocycles. The second-order valence-corrected chi connectivity index (χ2v) is 9.83. The number of thioether (sulfide) groups is 1. The van der Waals surface area contributed by atoms with Crippen molar-refractivity contribution in [1.29, 1.82) is 0 Å². The van der Waals surface area contributed by atoms with Crippen LogP contribution in [-0.4, -0.2) is 34.0 Å². The van der Waals surface area contributed by atoms with Crippen LogP contribution in [-0.2, 0) is 21.9 Å². The normalized spacial score (nSPS) is 12.3. The number of nitrogens with zero attached hydrogens (tertiary/aromatic N) is 1. The zero-order valence-electron chi connectivity index (χ0n) is 18.2. The van der Waals surface area contributed by atoms with E-state index in [1.165, 1.54) is 5.56 Å². The van der Waals surface area contributed by atoms with Crippen LogP contribution in [0.4, 0.5) is 0 Å². The minimum absolute atomic E-state index is 0.0490. The lowest BCUT2D eigenvalue weighted by molar-refractivity contribution is -0.140. The topological polar surface area (TPSA) is 49.4 Å². The van der Waals surface area contributed by atoms with Crippen LogP contribution in [0.3, 0.4) is 0 Å². The summed E-state index contributed by atoms with van der Waals surface area (Å²) in [6.07, 6.45) is 0.370. The lowest BCUT2D eigenvalue weighted by Crippen LogP contribution is -2.52. The van der Waals surface area contributed by atoms with Gasteiger partial charge in [-0.05, 0) is 44.9 Å². The molecular weight excluding hydrogens is 416 g/mol. The van der Waals surface area contributed by atoms with Crippen molar-refractivity contribution in [2.45, 2.75) is 58.0 Å². The molecule has 162 valence electrons. The number of nitrogens with one attached hydrogen (secondary N) is 1. The third kappa shape index (κ3) is 8.04. The van der Waals surface area contributed by atoms with Gasteiger partial charge in [0, 0.05) is 35.0 Å². The fourth-order valence-corrected chi connectivity index (χ4v) is 4.02. The van der Waals surface area contributed by atoms with E-state index in [0.29, 0.717) is 23.7 Å². The van der Waals surface area contributed by atoms with Crippen molar-refractivity contribution in [3.05, 3.63) is 70.7 Å². The van der Waals surface area contributed by atoms with E-state index in [-0.39, 0.29) is 17.4 Å². The van der Waals surface area contributed by atoms with Gasteiger partial charge in [-0.3, -0.25) is 9.59 Å². The first-order valence-electron chi connectivity index (χ1n) is 10.1. The standard InChI is InChI=1S/C24H31ClN2O2S/c1-18(23(29)26-24(2,3)4)27(16-20-12-8-9-13-21(20)25)22(28)14-15-30-17-19-10-6-5-7-11-19/h5-13,18H,14-17H2,1-4H3,(H,26,29). The van der Waals surface area contributed by atoms with Gasteiger partial charge in [-0.25, -0.2) is 0 Å². The fourth-order valence-electron chi connectivity index (χ4n) is 2.93. The molecule has 2 rings (SSSR count). The zero-order chi connectivity index (χ0) is 22.1. The van der Waals surface area contributed by atoms with Crippen LogP contribution < -0.4 is 5.32 Å². The van der Waals surface area contributed by atoms with Crippen LogP contribution in [0, 0.1) is 0 Å². The Morgan fingerprint density at radius 2 is 1.70 bits per heavy atom. The van der Waals surface area contributed by atoms with E-state index in [2.05, 4.69) is 17.4 Å². The summed E-state index contributed by atoms with van der Waals surface area (Å²) in [6, 6.07) is 17.0. The Bertz CT molecular complexity index is 837. The highest BCUT2D eigenvalue weighted by Gasteiger charge is 2.28. The van der Waals surface area contributed by atoms with Crippen LogP contribution in [0.15, 0.2) is 54.6 Å². The van der Waals surface area contributed by atoms with Gasteiger partial charge in [-0.2, -0.15) is 11.8 Å². The highest BCUT2D eigenvalue weighted by Crippen LogP contribution is 2.20. The molecule has 0 aliphatic heterocycles. The molecule has 0 radical (unpaired) electrons. The Kier molecular flexibility index (Phi) is 9.25. The Morgan fingerprint density at radius 1 is 1.07 bits per heavy atom. The molecule has 1 unspecified atom stereocenters. The summed E-state index contributed by atoms with van der Waals surface area (Å²) in [6.45, 7) is 7.86. The van der Waals surface area contributed by atoms with Gasteiger partial charge in [0.25, 0.3) is 0 Å². The maximum Gasteiger partial charge on any atom is 0.242 e. The van der Waals surface area contributed by atoms with Crippen molar-refractivity contribution >= 4 is 35.2 Å². The molecule has 0 aliphatic rings. The lowest BCUT2D eigenvalue weighted by atomic mass is 10.1. The number of benzene rings is 2. The summed E-state index contributed by atoms with van der Waals surface area (Å²) in [5.74, 6) is 1.34. The third-order valence-corrected chi connectivity index (χ3v) is 5.93. The molecular formula is C24H31ClN2O2S. The summed E-state index contributed by atoms with van der Waals surface area (Å²) in [5, 5.41) is 3.57. The van der Waals surface area contributed by atoms with Gasteiger partial charge in [-0.1, -0.05) is 60.1 Å². The van der Waals surface area contributed by atoms with Crippen molar-refractivity contribution < 1.29 is 9.59 Å². The van der Waals surface area contributed by atoms with Gasteiger partial charge in [0.05, 0.1) is 0 Å². The van der Waals surface area contributed by atoms with Gasteiger partial charge in [0.15, 0.2) is 0 Å². The quantitative estimate of drug-likeness (QED) is 0.532. The predicted molar refractivity (Wildman–Crippen MR) is 127 cm³/mol. The van der Waals surface area contributed by atoms with E-state index in [1.807, 2.05) is 57.2 Å². The number of carbonyl (C=O) groups excluding carboxylic acids is 2. The van der Waals surface area contributed by atoms with Gasteiger partial charge < -0.3 is 10.2 Å². The summed E-state index contributed by atoms with van der Waals surface area (Å²) in [4.78, 5) is 27.5. The predicted octanol–water partition coefficient (Wildman–Crippen LogP) is 5.30. The summed E-state index contributed by atoms with van der Waals surface area (Å²) in [7, 11) is 0. The van der Waals surface area contributed by atoms with E-state index in [9.17, 15) is 9.59 Å². The zero-order valence-corrected chi connectivity index (χ0v) is 19.7. The van der Waals surface area contributed by atoms with Crippen molar-refractivity contribution in [3.63, 3.8) is 0 Å². The number of halogens is 1. The van der Waals surface area contributed by atoms with E-state index < -0.39 is 6.04 Å². The number of hydrogen-bond acceptors (Lipinski definition) is 3. The summed E-state index contributed by atoms with van der Waals surface area (Å²) < 4.78 is 0. The average Bonchev–Trinajstić information content (AvgIpc) is 2.69. The molecule has 1 atom stereocenters. The highest BCUT2D eigenvalue weighted by atomic mass is 35.5. The third-order valence-electron chi connectivity index (χ3n) is 4.54. The molecule has 0 bridgehead atoms.